The van der Waals surface area contributed by atoms with Gasteiger partial charge in [-0.05, 0) is 18.1 Å². The maximum absolute atomic E-state index is 13.0. The van der Waals surface area contributed by atoms with Gasteiger partial charge in [0.25, 0.3) is 0 Å². The zero-order valence-corrected chi connectivity index (χ0v) is 7.89. The first-order valence-electron chi connectivity index (χ1n) is 3.97. The number of rotatable bonds is 3. The van der Waals surface area contributed by atoms with E-state index in [2.05, 4.69) is 6.58 Å². The van der Waals surface area contributed by atoms with Crippen LogP contribution in [0, 0.1) is 5.82 Å². The van der Waals surface area contributed by atoms with Crippen LogP contribution in [0.25, 0.3) is 0 Å². The Bertz CT molecular complexity index is 312. The van der Waals surface area contributed by atoms with Crippen molar-refractivity contribution in [2.75, 3.05) is 0 Å². The molecule has 0 spiro atoms. The van der Waals surface area contributed by atoms with Crippen LogP contribution in [0.15, 0.2) is 30.9 Å². The Hall–Kier alpha value is -0.860. The highest BCUT2D eigenvalue weighted by Gasteiger charge is 2.11. The van der Waals surface area contributed by atoms with Crippen LogP contribution in [0.2, 0.25) is 5.02 Å². The van der Waals surface area contributed by atoms with E-state index in [0.29, 0.717) is 12.0 Å². The summed E-state index contributed by atoms with van der Waals surface area (Å²) in [7, 11) is 0. The van der Waals surface area contributed by atoms with Crippen LogP contribution in [-0.4, -0.2) is 0 Å². The average molecular weight is 200 g/mol. The zero-order valence-electron chi connectivity index (χ0n) is 7.13. The highest BCUT2D eigenvalue weighted by atomic mass is 35.5. The first-order chi connectivity index (χ1) is 6.16. The summed E-state index contributed by atoms with van der Waals surface area (Å²) in [6, 6.07) is 4.35. The number of nitrogens with two attached hydrogens (primary N) is 1. The fourth-order valence-corrected chi connectivity index (χ4v) is 1.38. The third-order valence-electron chi connectivity index (χ3n) is 1.80. The third kappa shape index (κ3) is 2.29. The number of hydrogen-bond acceptors (Lipinski definition) is 1. The van der Waals surface area contributed by atoms with Crippen LogP contribution in [0.5, 0.6) is 0 Å². The summed E-state index contributed by atoms with van der Waals surface area (Å²) in [6.07, 6.45) is 2.27. The minimum absolute atomic E-state index is 0.108. The van der Waals surface area contributed by atoms with Crippen molar-refractivity contribution < 1.29 is 4.39 Å². The molecule has 0 unspecified atom stereocenters. The molecule has 1 rings (SSSR count). The van der Waals surface area contributed by atoms with Gasteiger partial charge < -0.3 is 5.73 Å². The van der Waals surface area contributed by atoms with Gasteiger partial charge in [0.05, 0.1) is 5.02 Å². The molecule has 0 bridgehead atoms. The summed E-state index contributed by atoms with van der Waals surface area (Å²) in [5.41, 5.74) is 6.38. The van der Waals surface area contributed by atoms with Crippen LogP contribution >= 0.6 is 11.6 Å². The lowest BCUT2D eigenvalue weighted by Gasteiger charge is -2.11. The van der Waals surface area contributed by atoms with E-state index >= 15 is 0 Å². The van der Waals surface area contributed by atoms with Gasteiger partial charge >= 0.3 is 0 Å². The van der Waals surface area contributed by atoms with Crippen molar-refractivity contribution in [2.45, 2.75) is 12.5 Å². The molecular formula is C10H11ClFN. The maximum atomic E-state index is 13.0. The van der Waals surface area contributed by atoms with Gasteiger partial charge in [-0.25, -0.2) is 4.39 Å². The van der Waals surface area contributed by atoms with E-state index in [9.17, 15) is 4.39 Å². The molecule has 0 fully saturated rings. The Morgan fingerprint density at radius 2 is 2.31 bits per heavy atom. The van der Waals surface area contributed by atoms with Crippen LogP contribution in [0.4, 0.5) is 4.39 Å². The minimum Gasteiger partial charge on any atom is -0.324 e. The molecule has 70 valence electrons. The van der Waals surface area contributed by atoms with E-state index in [0.717, 1.165) is 0 Å². The van der Waals surface area contributed by atoms with E-state index in [1.807, 2.05) is 0 Å². The molecule has 0 saturated heterocycles. The van der Waals surface area contributed by atoms with Gasteiger partial charge in [0.1, 0.15) is 5.82 Å². The van der Waals surface area contributed by atoms with E-state index < -0.39 is 5.82 Å². The van der Waals surface area contributed by atoms with Crippen molar-refractivity contribution in [1.82, 2.24) is 0 Å². The van der Waals surface area contributed by atoms with E-state index in [4.69, 9.17) is 17.3 Å². The first kappa shape index (κ1) is 10.2. The Labute approximate surface area is 82.0 Å². The lowest BCUT2D eigenvalue weighted by Crippen LogP contribution is -2.10. The Kier molecular flexibility index (Phi) is 3.46. The second-order valence-electron chi connectivity index (χ2n) is 2.77. The number of benzene rings is 1. The second kappa shape index (κ2) is 4.40. The summed E-state index contributed by atoms with van der Waals surface area (Å²) >= 11 is 5.73. The fraction of sp³-hybridized carbons (Fsp3) is 0.200. The lowest BCUT2D eigenvalue weighted by molar-refractivity contribution is 0.620. The van der Waals surface area contributed by atoms with Gasteiger partial charge in [0.2, 0.25) is 0 Å². The summed E-state index contributed by atoms with van der Waals surface area (Å²) < 4.78 is 13.0. The molecule has 1 aromatic carbocycles. The molecule has 2 N–H and O–H groups in total. The van der Waals surface area contributed by atoms with Gasteiger partial charge in [0.15, 0.2) is 0 Å². The van der Waals surface area contributed by atoms with Crippen molar-refractivity contribution >= 4 is 11.6 Å². The highest BCUT2D eigenvalue weighted by Crippen LogP contribution is 2.25. The molecule has 1 aromatic rings. The summed E-state index contributed by atoms with van der Waals surface area (Å²) in [5, 5.41) is 0.108. The maximum Gasteiger partial charge on any atom is 0.142 e. The number of hydrogen-bond donors (Lipinski definition) is 1. The smallest absolute Gasteiger partial charge is 0.142 e. The van der Waals surface area contributed by atoms with Crippen molar-refractivity contribution in [3.63, 3.8) is 0 Å². The minimum atomic E-state index is -0.432. The molecule has 0 aromatic heterocycles. The Morgan fingerprint density at radius 3 is 2.92 bits per heavy atom. The predicted octanol–water partition coefficient (Wildman–Crippen LogP) is 3.06. The molecule has 13 heavy (non-hydrogen) atoms. The molecule has 0 aliphatic rings. The highest BCUT2D eigenvalue weighted by molar-refractivity contribution is 6.31. The van der Waals surface area contributed by atoms with Gasteiger partial charge in [-0.3, -0.25) is 0 Å². The van der Waals surface area contributed by atoms with Crippen LogP contribution in [0.3, 0.4) is 0 Å². The number of halogens is 2. The van der Waals surface area contributed by atoms with Crippen LogP contribution in [0.1, 0.15) is 18.0 Å². The molecule has 0 aliphatic carbocycles. The van der Waals surface area contributed by atoms with E-state index in [1.165, 1.54) is 6.07 Å². The molecule has 1 nitrogen and oxygen atoms in total. The summed E-state index contributed by atoms with van der Waals surface area (Å²) in [6.45, 7) is 3.56. The monoisotopic (exact) mass is 199 g/mol. The molecule has 0 saturated carbocycles. The molecule has 1 atom stereocenters. The van der Waals surface area contributed by atoms with Crippen molar-refractivity contribution in [3.05, 3.63) is 47.3 Å². The van der Waals surface area contributed by atoms with Crippen LogP contribution < -0.4 is 5.73 Å². The van der Waals surface area contributed by atoms with Gasteiger partial charge in [-0.2, -0.15) is 0 Å². The quantitative estimate of drug-likeness (QED) is 0.744. The second-order valence-corrected chi connectivity index (χ2v) is 3.15. The Balaban J connectivity index is 3.00. The largest absolute Gasteiger partial charge is 0.324 e. The molecule has 3 heteroatoms. The molecule has 0 aliphatic heterocycles. The van der Waals surface area contributed by atoms with Crippen molar-refractivity contribution in [3.8, 4) is 0 Å². The average Bonchev–Trinajstić information content (AvgIpc) is 2.10. The SMILES string of the molecule is C=CC[C@@H](N)c1cccc(F)c1Cl. The summed E-state index contributed by atoms with van der Waals surface area (Å²) in [5.74, 6) is -0.432. The zero-order chi connectivity index (χ0) is 9.84. The Morgan fingerprint density at radius 1 is 1.62 bits per heavy atom. The standard InChI is InChI=1S/C10H11ClFN/c1-2-4-9(13)7-5-3-6-8(12)10(7)11/h2-3,5-6,9H,1,4,13H2/t9-/m1/s1. The molecular weight excluding hydrogens is 189 g/mol. The topological polar surface area (TPSA) is 26.0 Å². The van der Waals surface area contributed by atoms with Crippen molar-refractivity contribution in [2.24, 2.45) is 5.73 Å². The van der Waals surface area contributed by atoms with Gasteiger partial charge in [-0.15, -0.1) is 6.58 Å². The van der Waals surface area contributed by atoms with Crippen LogP contribution in [-0.2, 0) is 0 Å². The molecule has 0 heterocycles. The third-order valence-corrected chi connectivity index (χ3v) is 2.20. The van der Waals surface area contributed by atoms with Gasteiger partial charge in [-0.1, -0.05) is 29.8 Å². The summed E-state index contributed by atoms with van der Waals surface area (Å²) in [4.78, 5) is 0. The fourth-order valence-electron chi connectivity index (χ4n) is 1.11. The normalized spacial score (nSPS) is 12.5. The predicted molar refractivity (Wildman–Crippen MR) is 53.2 cm³/mol. The van der Waals surface area contributed by atoms with E-state index in [-0.39, 0.29) is 11.1 Å². The van der Waals surface area contributed by atoms with Crippen molar-refractivity contribution in [1.29, 1.82) is 0 Å². The molecule has 0 amide bonds. The van der Waals surface area contributed by atoms with E-state index in [1.54, 1.807) is 18.2 Å². The molecule has 0 radical (unpaired) electrons. The van der Waals surface area contributed by atoms with Gasteiger partial charge in [0, 0.05) is 6.04 Å². The first-order valence-corrected chi connectivity index (χ1v) is 4.35. The lowest BCUT2D eigenvalue weighted by atomic mass is 10.0.